The Morgan fingerprint density at radius 3 is 2.61 bits per heavy atom. The number of nitrogens with two attached hydrogens (primary N) is 1. The molecule has 0 saturated carbocycles. The second kappa shape index (κ2) is 8.08. The van der Waals surface area contributed by atoms with Crippen molar-refractivity contribution in [3.8, 4) is 5.69 Å². The van der Waals surface area contributed by atoms with E-state index in [2.05, 4.69) is 23.7 Å². The number of nitrogens with one attached hydrogen (secondary N) is 1. The molecule has 0 bridgehead atoms. The monoisotopic (exact) mass is 471 g/mol. The molecule has 1 aliphatic heterocycles. The number of aromatic nitrogens is 1. The summed E-state index contributed by atoms with van der Waals surface area (Å²) < 4.78 is 29.1. The number of halogens is 1. The van der Waals surface area contributed by atoms with Gasteiger partial charge in [0.2, 0.25) is 0 Å². The summed E-state index contributed by atoms with van der Waals surface area (Å²) in [4.78, 5) is 25.2. The summed E-state index contributed by atoms with van der Waals surface area (Å²) in [5.41, 5.74) is 10.2. The lowest BCUT2D eigenvalue weighted by Gasteiger charge is -2.30. The Bertz CT molecular complexity index is 1190. The van der Waals surface area contributed by atoms with Crippen molar-refractivity contribution < 1.29 is 18.2 Å². The Hall–Kier alpha value is -2.48. The summed E-state index contributed by atoms with van der Waals surface area (Å²) in [6.45, 7) is 4.18. The number of Topliss-reactive ketones (excluding diaryl/α,β-unsaturated/α-hetero) is 1. The van der Waals surface area contributed by atoms with Crippen LogP contribution < -0.4 is 11.1 Å². The van der Waals surface area contributed by atoms with Gasteiger partial charge in [-0.05, 0) is 61.6 Å². The van der Waals surface area contributed by atoms with Crippen LogP contribution in [0.4, 0.5) is 10.1 Å². The molecule has 0 spiro atoms. The number of nitrogens with zero attached hydrogens (tertiary/aromatic N) is 1. The van der Waals surface area contributed by atoms with Gasteiger partial charge in [0.15, 0.2) is 5.78 Å². The number of hydrogen-bond acceptors (Lipinski definition) is 4. The van der Waals surface area contributed by atoms with Crippen molar-refractivity contribution in [3.63, 3.8) is 0 Å². The third kappa shape index (κ3) is 3.92. The first kappa shape index (κ1) is 22.3. The fraction of sp³-hybridized carbons (Fsp3) is 0.520. The second-order valence-corrected chi connectivity index (χ2v) is 12.1. The molecule has 1 amide bonds. The van der Waals surface area contributed by atoms with Gasteiger partial charge >= 0.3 is 0 Å². The van der Waals surface area contributed by atoms with E-state index in [-0.39, 0.29) is 22.8 Å². The number of hydrogen-bond donors (Lipinski definition) is 2. The third-order valence-corrected chi connectivity index (χ3v) is 8.59. The number of carbonyl (C=O) groups excluding carboxylic acids is 2. The van der Waals surface area contributed by atoms with Gasteiger partial charge in [0.05, 0.1) is 16.9 Å². The molecule has 8 heteroatoms. The number of amides is 1. The van der Waals surface area contributed by atoms with E-state index in [0.717, 1.165) is 48.2 Å². The van der Waals surface area contributed by atoms with Crippen LogP contribution >= 0.6 is 0 Å². The Kier molecular flexibility index (Phi) is 5.46. The minimum absolute atomic E-state index is 0.000235. The zero-order chi connectivity index (χ0) is 23.5. The van der Waals surface area contributed by atoms with E-state index in [4.69, 9.17) is 5.73 Å². The molecule has 176 valence electrons. The largest absolute Gasteiger partial charge is 0.381 e. The van der Waals surface area contributed by atoms with Crippen LogP contribution in [0.1, 0.15) is 77.2 Å². The van der Waals surface area contributed by atoms with Crippen molar-refractivity contribution in [1.29, 1.82) is 0 Å². The van der Waals surface area contributed by atoms with Crippen LogP contribution in [0.15, 0.2) is 12.1 Å². The molecular formula is C25H30FN3O3S. The van der Waals surface area contributed by atoms with E-state index in [9.17, 15) is 13.8 Å². The number of primary amides is 1. The van der Waals surface area contributed by atoms with Gasteiger partial charge in [-0.15, -0.1) is 0 Å². The standard InChI is InChI=1S/C25H30FN3O3S/c1-25(2)12-20-22(21(30)13-25)16-4-3-5-19(16)29(20)15-10-17(26)23(24(27)31)18(11-15)28-14-6-8-33(32)9-7-14/h10-11,14,28H,3-9,12-13H2,1-2H3,(H2,27,31). The van der Waals surface area contributed by atoms with Crippen molar-refractivity contribution in [2.75, 3.05) is 16.8 Å². The lowest BCUT2D eigenvalue weighted by Crippen LogP contribution is -2.31. The maximum absolute atomic E-state index is 15.3. The van der Waals surface area contributed by atoms with Crippen molar-refractivity contribution in [1.82, 2.24) is 4.57 Å². The first-order chi connectivity index (χ1) is 15.6. The highest BCUT2D eigenvalue weighted by Crippen LogP contribution is 2.43. The maximum Gasteiger partial charge on any atom is 0.253 e. The highest BCUT2D eigenvalue weighted by atomic mass is 32.2. The molecular weight excluding hydrogens is 441 g/mol. The Balaban J connectivity index is 1.64. The molecule has 0 atom stereocenters. The number of rotatable bonds is 4. The first-order valence-electron chi connectivity index (χ1n) is 11.7. The van der Waals surface area contributed by atoms with Gasteiger partial charge in [-0.2, -0.15) is 0 Å². The van der Waals surface area contributed by atoms with Crippen LogP contribution in [0.3, 0.4) is 0 Å². The van der Waals surface area contributed by atoms with E-state index >= 15 is 4.39 Å². The van der Waals surface area contributed by atoms with E-state index in [1.807, 2.05) is 0 Å². The van der Waals surface area contributed by atoms with E-state index in [1.54, 1.807) is 6.07 Å². The molecule has 33 heavy (non-hydrogen) atoms. The number of fused-ring (bicyclic) bond motifs is 3. The van der Waals surface area contributed by atoms with Crippen LogP contribution in [0.2, 0.25) is 0 Å². The second-order valence-electron chi connectivity index (χ2n) is 10.4. The minimum atomic E-state index is -0.822. The smallest absolute Gasteiger partial charge is 0.253 e. The Morgan fingerprint density at radius 2 is 1.91 bits per heavy atom. The molecule has 6 nitrogen and oxygen atoms in total. The number of carbonyl (C=O) groups is 2. The van der Waals surface area contributed by atoms with Gasteiger partial charge in [-0.1, -0.05) is 13.8 Å². The summed E-state index contributed by atoms with van der Waals surface area (Å²) in [7, 11) is -0.821. The molecule has 2 aliphatic carbocycles. The molecule has 3 N–H and O–H groups in total. The molecule has 1 fully saturated rings. The van der Waals surface area contributed by atoms with Gasteiger partial charge in [-0.25, -0.2) is 4.39 Å². The van der Waals surface area contributed by atoms with Crippen molar-refractivity contribution in [2.24, 2.45) is 11.1 Å². The molecule has 2 heterocycles. The van der Waals surface area contributed by atoms with Crippen molar-refractivity contribution in [2.45, 2.75) is 64.8 Å². The molecule has 2 aromatic rings. The number of benzene rings is 1. The normalized spacial score (nSPS) is 23.8. The predicted molar refractivity (Wildman–Crippen MR) is 127 cm³/mol. The molecule has 0 unspecified atom stereocenters. The lowest BCUT2D eigenvalue weighted by atomic mass is 9.75. The van der Waals surface area contributed by atoms with Gasteiger partial charge < -0.3 is 15.6 Å². The highest BCUT2D eigenvalue weighted by molar-refractivity contribution is 7.85. The van der Waals surface area contributed by atoms with Gasteiger partial charge in [0, 0.05) is 51.7 Å². The van der Waals surface area contributed by atoms with Crippen LogP contribution in [0.5, 0.6) is 0 Å². The summed E-state index contributed by atoms with van der Waals surface area (Å²) in [5, 5.41) is 3.31. The zero-order valence-corrected chi connectivity index (χ0v) is 19.9. The van der Waals surface area contributed by atoms with Crippen molar-refractivity contribution in [3.05, 3.63) is 46.0 Å². The number of anilines is 1. The van der Waals surface area contributed by atoms with Crippen LogP contribution in [0.25, 0.3) is 5.69 Å². The van der Waals surface area contributed by atoms with Gasteiger partial charge in [0.1, 0.15) is 5.82 Å². The topological polar surface area (TPSA) is 94.2 Å². The average molecular weight is 472 g/mol. The first-order valence-corrected chi connectivity index (χ1v) is 13.2. The molecule has 1 aromatic carbocycles. The summed E-state index contributed by atoms with van der Waals surface area (Å²) in [5.74, 6) is -0.154. The Labute approximate surface area is 195 Å². The summed E-state index contributed by atoms with van der Waals surface area (Å²) in [6.07, 6.45) is 5.30. The fourth-order valence-electron chi connectivity index (χ4n) is 5.78. The van der Waals surface area contributed by atoms with E-state index in [0.29, 0.717) is 42.1 Å². The number of ketones is 1. The Morgan fingerprint density at radius 1 is 1.18 bits per heavy atom. The van der Waals surface area contributed by atoms with Gasteiger partial charge in [-0.3, -0.25) is 13.8 Å². The third-order valence-electron chi connectivity index (χ3n) is 7.21. The van der Waals surface area contributed by atoms with Crippen molar-refractivity contribution >= 4 is 28.2 Å². The molecule has 3 aliphatic rings. The summed E-state index contributed by atoms with van der Waals surface area (Å²) in [6, 6.07) is 3.16. The van der Waals surface area contributed by atoms with Crippen LogP contribution in [-0.4, -0.2) is 38.0 Å². The molecule has 1 saturated heterocycles. The fourth-order valence-corrected chi connectivity index (χ4v) is 7.08. The zero-order valence-electron chi connectivity index (χ0n) is 19.1. The highest BCUT2D eigenvalue weighted by Gasteiger charge is 2.39. The summed E-state index contributed by atoms with van der Waals surface area (Å²) >= 11 is 0. The van der Waals surface area contributed by atoms with Crippen LogP contribution in [-0.2, 0) is 30.1 Å². The van der Waals surface area contributed by atoms with E-state index in [1.165, 1.54) is 6.07 Å². The predicted octanol–water partition coefficient (Wildman–Crippen LogP) is 3.68. The van der Waals surface area contributed by atoms with Crippen LogP contribution in [0, 0.1) is 11.2 Å². The SMILES string of the molecule is CC1(C)CC(=O)c2c3c(n(-c4cc(F)c(C(N)=O)c(NC5CCS(=O)CC5)c4)c2C1)CCC3. The van der Waals surface area contributed by atoms with Gasteiger partial charge in [0.25, 0.3) is 5.91 Å². The average Bonchev–Trinajstić information content (AvgIpc) is 3.28. The minimum Gasteiger partial charge on any atom is -0.381 e. The lowest BCUT2D eigenvalue weighted by molar-refractivity contribution is 0.0909. The molecule has 1 aromatic heterocycles. The molecule has 0 radical (unpaired) electrons. The quantitative estimate of drug-likeness (QED) is 0.711. The maximum atomic E-state index is 15.3. The van der Waals surface area contributed by atoms with E-state index < -0.39 is 22.5 Å². The molecule has 5 rings (SSSR count).